The van der Waals surface area contributed by atoms with Gasteiger partial charge in [-0.3, -0.25) is 4.68 Å². The van der Waals surface area contributed by atoms with E-state index in [2.05, 4.69) is 57.8 Å². The average Bonchev–Trinajstić information content (AvgIpc) is 2.90. The van der Waals surface area contributed by atoms with Crippen molar-refractivity contribution < 1.29 is 0 Å². The number of hydrogen-bond acceptors (Lipinski definition) is 1. The molecule has 0 radical (unpaired) electrons. The Kier molecular flexibility index (Phi) is 6.31. The summed E-state index contributed by atoms with van der Waals surface area (Å²) in [6.45, 7) is 5.22. The van der Waals surface area contributed by atoms with E-state index >= 15 is 0 Å². The predicted octanol–water partition coefficient (Wildman–Crippen LogP) is 4.92. The summed E-state index contributed by atoms with van der Waals surface area (Å²) in [7, 11) is 0. The molecule has 1 aromatic carbocycles. The van der Waals surface area contributed by atoms with Gasteiger partial charge in [0.05, 0.1) is 5.69 Å². The van der Waals surface area contributed by atoms with Crippen LogP contribution in [0.2, 0.25) is 5.02 Å². The van der Waals surface area contributed by atoms with E-state index in [1.54, 1.807) is 0 Å². The van der Waals surface area contributed by atoms with Crippen LogP contribution in [-0.4, -0.2) is 15.1 Å². The van der Waals surface area contributed by atoms with Crippen LogP contribution in [-0.2, 0) is 25.8 Å². The monoisotopic (exact) mass is 368 g/mol. The summed E-state index contributed by atoms with van der Waals surface area (Å²) in [4.78, 5) is 0. The van der Waals surface area contributed by atoms with Crippen LogP contribution in [0.3, 0.4) is 0 Å². The third-order valence-corrected chi connectivity index (χ3v) is 5.04. The summed E-state index contributed by atoms with van der Waals surface area (Å²) in [6, 6.07) is 10.4. The fourth-order valence-corrected chi connectivity index (χ4v) is 3.25. The van der Waals surface area contributed by atoms with E-state index in [9.17, 15) is 0 Å². The van der Waals surface area contributed by atoms with Gasteiger partial charge < -0.3 is 0 Å². The van der Waals surface area contributed by atoms with Crippen molar-refractivity contribution in [3.8, 4) is 0 Å². The molecule has 0 amide bonds. The largest absolute Gasteiger partial charge is 0.270 e. The molecule has 114 valence electrons. The van der Waals surface area contributed by atoms with Gasteiger partial charge >= 0.3 is 0 Å². The van der Waals surface area contributed by atoms with Crippen molar-refractivity contribution in [2.24, 2.45) is 5.92 Å². The van der Waals surface area contributed by atoms with Crippen molar-refractivity contribution in [3.63, 3.8) is 0 Å². The zero-order valence-corrected chi connectivity index (χ0v) is 15.0. The second-order valence-corrected chi connectivity index (χ2v) is 6.37. The van der Waals surface area contributed by atoms with Crippen molar-refractivity contribution in [2.45, 2.75) is 39.7 Å². The number of rotatable bonds is 7. The summed E-state index contributed by atoms with van der Waals surface area (Å²) in [5, 5.41) is 6.46. The second-order valence-electron chi connectivity index (χ2n) is 5.32. The zero-order chi connectivity index (χ0) is 15.2. The van der Waals surface area contributed by atoms with E-state index < -0.39 is 0 Å². The van der Waals surface area contributed by atoms with Crippen LogP contribution in [0.4, 0.5) is 0 Å². The van der Waals surface area contributed by atoms with E-state index in [4.69, 9.17) is 11.6 Å². The topological polar surface area (TPSA) is 17.8 Å². The summed E-state index contributed by atoms with van der Waals surface area (Å²) in [5.74, 6) is 0.525. The van der Waals surface area contributed by atoms with E-state index in [-0.39, 0.29) is 0 Å². The summed E-state index contributed by atoms with van der Waals surface area (Å²) in [6.07, 6.45) is 3.00. The van der Waals surface area contributed by atoms with Gasteiger partial charge in [-0.25, -0.2) is 0 Å². The SMILES string of the molecule is CCc1cc(CC(CBr)Cc2ccccc2Cl)n(CC)n1. The van der Waals surface area contributed by atoms with Gasteiger partial charge in [0, 0.05) is 22.6 Å². The Bertz CT molecular complexity index is 580. The number of halogens is 2. The fraction of sp³-hybridized carbons (Fsp3) is 0.471. The molecule has 0 aliphatic carbocycles. The van der Waals surface area contributed by atoms with Crippen LogP contribution < -0.4 is 0 Å². The first-order valence-corrected chi connectivity index (χ1v) is 9.02. The van der Waals surface area contributed by atoms with Crippen LogP contribution >= 0.6 is 27.5 Å². The van der Waals surface area contributed by atoms with E-state index in [0.29, 0.717) is 5.92 Å². The Balaban J connectivity index is 2.12. The molecule has 4 heteroatoms. The Morgan fingerprint density at radius 1 is 1.24 bits per heavy atom. The van der Waals surface area contributed by atoms with Crippen molar-refractivity contribution in [1.29, 1.82) is 0 Å². The first-order valence-electron chi connectivity index (χ1n) is 7.52. The molecular formula is C17H22BrClN2. The number of benzene rings is 1. The predicted molar refractivity (Wildman–Crippen MR) is 93.4 cm³/mol. The normalized spacial score (nSPS) is 12.6. The molecule has 0 saturated carbocycles. The van der Waals surface area contributed by atoms with Crippen LogP contribution in [0.25, 0.3) is 0 Å². The highest BCUT2D eigenvalue weighted by Crippen LogP contribution is 2.23. The minimum absolute atomic E-state index is 0.525. The maximum absolute atomic E-state index is 6.28. The molecule has 2 nitrogen and oxygen atoms in total. The molecule has 1 aromatic heterocycles. The molecule has 0 spiro atoms. The van der Waals surface area contributed by atoms with Crippen molar-refractivity contribution in [1.82, 2.24) is 9.78 Å². The highest BCUT2D eigenvalue weighted by Gasteiger charge is 2.15. The highest BCUT2D eigenvalue weighted by molar-refractivity contribution is 9.09. The minimum atomic E-state index is 0.525. The van der Waals surface area contributed by atoms with Gasteiger partial charge in [0.25, 0.3) is 0 Å². The Morgan fingerprint density at radius 3 is 2.62 bits per heavy atom. The van der Waals surface area contributed by atoms with Crippen molar-refractivity contribution in [3.05, 3.63) is 52.3 Å². The van der Waals surface area contributed by atoms with Crippen molar-refractivity contribution >= 4 is 27.5 Å². The highest BCUT2D eigenvalue weighted by atomic mass is 79.9. The molecule has 2 rings (SSSR count). The van der Waals surface area contributed by atoms with E-state index in [1.807, 2.05) is 12.1 Å². The molecular weight excluding hydrogens is 348 g/mol. The molecule has 21 heavy (non-hydrogen) atoms. The summed E-state index contributed by atoms with van der Waals surface area (Å²) >= 11 is 9.93. The molecule has 1 atom stereocenters. The van der Waals surface area contributed by atoms with E-state index in [0.717, 1.165) is 36.2 Å². The van der Waals surface area contributed by atoms with Gasteiger partial charge in [-0.1, -0.05) is 52.7 Å². The minimum Gasteiger partial charge on any atom is -0.270 e. The lowest BCUT2D eigenvalue weighted by molar-refractivity contribution is 0.535. The first kappa shape index (κ1) is 16.6. The van der Waals surface area contributed by atoms with Crippen LogP contribution in [0, 0.1) is 5.92 Å². The number of hydrogen-bond donors (Lipinski definition) is 0. The zero-order valence-electron chi connectivity index (χ0n) is 12.6. The van der Waals surface area contributed by atoms with Crippen LogP contribution in [0.1, 0.15) is 30.8 Å². The smallest absolute Gasteiger partial charge is 0.0624 e. The van der Waals surface area contributed by atoms with Gasteiger partial charge in [0.1, 0.15) is 0 Å². The van der Waals surface area contributed by atoms with E-state index in [1.165, 1.54) is 17.0 Å². The second kappa shape index (κ2) is 8.00. The Labute approximate surface area is 140 Å². The fourth-order valence-electron chi connectivity index (χ4n) is 2.58. The quantitative estimate of drug-likeness (QED) is 0.634. The third kappa shape index (κ3) is 4.33. The number of aromatic nitrogens is 2. The number of nitrogens with zero attached hydrogens (tertiary/aromatic N) is 2. The lowest BCUT2D eigenvalue weighted by atomic mass is 9.96. The molecule has 0 aliphatic rings. The molecule has 0 aliphatic heterocycles. The third-order valence-electron chi connectivity index (χ3n) is 3.76. The van der Waals surface area contributed by atoms with Gasteiger partial charge in [-0.15, -0.1) is 0 Å². The van der Waals surface area contributed by atoms with Gasteiger partial charge in [0.2, 0.25) is 0 Å². The van der Waals surface area contributed by atoms with Gasteiger partial charge in [0.15, 0.2) is 0 Å². The van der Waals surface area contributed by atoms with Crippen LogP contribution in [0.5, 0.6) is 0 Å². The molecule has 0 saturated heterocycles. The summed E-state index contributed by atoms with van der Waals surface area (Å²) < 4.78 is 2.13. The molecule has 1 heterocycles. The molecule has 0 bridgehead atoms. The maximum atomic E-state index is 6.28. The molecule has 0 fully saturated rings. The molecule has 1 unspecified atom stereocenters. The lowest BCUT2D eigenvalue weighted by Crippen LogP contribution is -2.14. The van der Waals surface area contributed by atoms with Crippen LogP contribution in [0.15, 0.2) is 30.3 Å². The Hall–Kier alpha value is -0.800. The summed E-state index contributed by atoms with van der Waals surface area (Å²) in [5.41, 5.74) is 3.73. The van der Waals surface area contributed by atoms with Gasteiger partial charge in [-0.05, 0) is 49.8 Å². The number of aryl methyl sites for hydroxylation is 2. The van der Waals surface area contributed by atoms with Gasteiger partial charge in [-0.2, -0.15) is 5.10 Å². The maximum Gasteiger partial charge on any atom is 0.0624 e. The average molecular weight is 370 g/mol. The molecule has 2 aromatic rings. The first-order chi connectivity index (χ1) is 10.2. The standard InChI is InChI=1S/C17H22BrClN2/c1-3-15-11-16(21(4-2)20-15)10-13(12-18)9-14-7-5-6-8-17(14)19/h5-8,11,13H,3-4,9-10,12H2,1-2H3. The van der Waals surface area contributed by atoms with Crippen molar-refractivity contribution in [2.75, 3.05) is 5.33 Å². The number of alkyl halides is 1. The Morgan fingerprint density at radius 2 is 2.00 bits per heavy atom. The lowest BCUT2D eigenvalue weighted by Gasteiger charge is -2.15. The molecule has 0 N–H and O–H groups in total.